The molecule has 0 saturated heterocycles. The lowest BCUT2D eigenvalue weighted by Crippen LogP contribution is -2.20. The number of hydrogen-bond acceptors (Lipinski definition) is 6. The number of fused-ring (bicyclic) bond motifs is 1. The molecule has 0 fully saturated rings. The number of halogens is 1. The monoisotopic (exact) mass is 412 g/mol. The van der Waals surface area contributed by atoms with E-state index in [1.165, 1.54) is 6.08 Å². The summed E-state index contributed by atoms with van der Waals surface area (Å²) in [5, 5.41) is 10.2. The van der Waals surface area contributed by atoms with Crippen molar-refractivity contribution < 1.29 is 19.0 Å². The number of amides is 1. The van der Waals surface area contributed by atoms with Crippen molar-refractivity contribution in [2.24, 2.45) is 0 Å². The summed E-state index contributed by atoms with van der Waals surface area (Å²) in [5.41, 5.74) is 1.58. The Bertz CT molecular complexity index is 1060. The van der Waals surface area contributed by atoms with Crippen LogP contribution in [0.1, 0.15) is 11.4 Å². The molecule has 4 rings (SSSR count). The van der Waals surface area contributed by atoms with Gasteiger partial charge < -0.3 is 19.5 Å². The topological polar surface area (TPSA) is 98.4 Å². The number of aromatic amines is 1. The number of carbonyl (C=O) groups excluding carboxylic acids is 1. The molecule has 8 nitrogen and oxygen atoms in total. The first kappa shape index (κ1) is 18.8. The van der Waals surface area contributed by atoms with Crippen LogP contribution in [0.25, 0.3) is 17.5 Å². The van der Waals surface area contributed by atoms with Gasteiger partial charge in [0.05, 0.1) is 18.7 Å². The number of carbonyl (C=O) groups is 1. The maximum absolute atomic E-state index is 12.1. The summed E-state index contributed by atoms with van der Waals surface area (Å²) in [5.74, 6) is 2.65. The van der Waals surface area contributed by atoms with Crippen LogP contribution in [-0.2, 0) is 11.3 Å². The van der Waals surface area contributed by atoms with Crippen LogP contribution in [0.4, 0.5) is 0 Å². The minimum Gasteiger partial charge on any atom is -0.497 e. The van der Waals surface area contributed by atoms with Gasteiger partial charge >= 0.3 is 0 Å². The number of aromatic nitrogens is 3. The summed E-state index contributed by atoms with van der Waals surface area (Å²) in [6.45, 7) is 0.354. The van der Waals surface area contributed by atoms with Gasteiger partial charge in [0.1, 0.15) is 11.6 Å². The van der Waals surface area contributed by atoms with Crippen LogP contribution in [0.3, 0.4) is 0 Å². The number of methoxy groups -OCH3 is 1. The van der Waals surface area contributed by atoms with Crippen molar-refractivity contribution in [3.05, 3.63) is 58.9 Å². The molecule has 1 aromatic heterocycles. The first-order chi connectivity index (χ1) is 14.1. The largest absolute Gasteiger partial charge is 0.497 e. The van der Waals surface area contributed by atoms with E-state index in [2.05, 4.69) is 20.5 Å². The molecule has 0 saturated carbocycles. The third kappa shape index (κ3) is 4.33. The lowest BCUT2D eigenvalue weighted by atomic mass is 10.2. The standard InChI is InChI=1S/C20H17ClN4O4/c1-27-14-5-3-13(4-6-14)20-23-17(24-25-20)10-22-18(26)7-2-12-8-15(21)19-16(9-12)28-11-29-19/h2-9H,10-11H2,1H3,(H,22,26)(H,23,24,25)/b7-2+. The molecule has 3 aromatic rings. The number of nitrogens with one attached hydrogen (secondary N) is 2. The zero-order chi connectivity index (χ0) is 20.2. The van der Waals surface area contributed by atoms with Gasteiger partial charge in [-0.15, -0.1) is 0 Å². The minimum atomic E-state index is -0.277. The van der Waals surface area contributed by atoms with Crippen LogP contribution in [-0.4, -0.2) is 35.0 Å². The smallest absolute Gasteiger partial charge is 0.244 e. The van der Waals surface area contributed by atoms with E-state index in [1.54, 1.807) is 25.3 Å². The quantitative estimate of drug-likeness (QED) is 0.603. The van der Waals surface area contributed by atoms with Crippen molar-refractivity contribution in [3.8, 4) is 28.6 Å². The molecule has 2 heterocycles. The van der Waals surface area contributed by atoms with Gasteiger partial charge in [0.2, 0.25) is 12.7 Å². The third-order valence-electron chi connectivity index (χ3n) is 4.19. The van der Waals surface area contributed by atoms with Gasteiger partial charge in [-0.05, 0) is 48.0 Å². The summed E-state index contributed by atoms with van der Waals surface area (Å²) in [6, 6.07) is 10.9. The molecule has 1 aliphatic heterocycles. The fourth-order valence-electron chi connectivity index (χ4n) is 2.73. The normalized spacial score (nSPS) is 12.3. The Morgan fingerprint density at radius 3 is 2.93 bits per heavy atom. The number of nitrogens with zero attached hydrogens (tertiary/aromatic N) is 2. The SMILES string of the molecule is COc1ccc(-c2n[nH]c(CNC(=O)/C=C/c3cc(Cl)c4c(c3)OCO4)n2)cc1. The maximum atomic E-state index is 12.1. The van der Waals surface area contributed by atoms with Crippen LogP contribution in [0, 0.1) is 0 Å². The van der Waals surface area contributed by atoms with Crippen molar-refractivity contribution in [2.75, 3.05) is 13.9 Å². The maximum Gasteiger partial charge on any atom is 0.244 e. The molecule has 148 valence electrons. The van der Waals surface area contributed by atoms with Crippen LogP contribution in [0.5, 0.6) is 17.2 Å². The zero-order valence-corrected chi connectivity index (χ0v) is 16.2. The second-order valence-corrected chi connectivity index (χ2v) is 6.53. The van der Waals surface area contributed by atoms with E-state index in [1.807, 2.05) is 24.3 Å². The van der Waals surface area contributed by atoms with Crippen LogP contribution in [0.15, 0.2) is 42.5 Å². The molecule has 0 bridgehead atoms. The first-order valence-corrected chi connectivity index (χ1v) is 9.11. The average molecular weight is 413 g/mol. The molecule has 29 heavy (non-hydrogen) atoms. The molecule has 0 spiro atoms. The van der Waals surface area contributed by atoms with Crippen LogP contribution in [0.2, 0.25) is 5.02 Å². The number of hydrogen-bond donors (Lipinski definition) is 2. The van der Waals surface area contributed by atoms with Crippen molar-refractivity contribution >= 4 is 23.6 Å². The van der Waals surface area contributed by atoms with Crippen molar-refractivity contribution in [1.82, 2.24) is 20.5 Å². The number of ether oxygens (including phenoxy) is 3. The first-order valence-electron chi connectivity index (χ1n) is 8.73. The second kappa shape index (κ2) is 8.24. The molecule has 0 aliphatic carbocycles. The average Bonchev–Trinajstić information content (AvgIpc) is 3.40. The zero-order valence-electron chi connectivity index (χ0n) is 15.4. The number of benzene rings is 2. The Kier molecular flexibility index (Phi) is 5.35. The molecule has 0 unspecified atom stereocenters. The summed E-state index contributed by atoms with van der Waals surface area (Å²) in [4.78, 5) is 16.5. The predicted octanol–water partition coefficient (Wildman–Crippen LogP) is 3.19. The molecule has 2 aromatic carbocycles. The molecule has 2 N–H and O–H groups in total. The van der Waals surface area contributed by atoms with Crippen LogP contribution >= 0.6 is 11.6 Å². The highest BCUT2D eigenvalue weighted by Gasteiger charge is 2.17. The van der Waals surface area contributed by atoms with Gasteiger partial charge in [0.15, 0.2) is 17.3 Å². The molecule has 0 radical (unpaired) electrons. The van der Waals surface area contributed by atoms with Crippen molar-refractivity contribution in [3.63, 3.8) is 0 Å². The van der Waals surface area contributed by atoms with Gasteiger partial charge in [-0.1, -0.05) is 11.6 Å². The number of rotatable bonds is 6. The number of H-pyrrole nitrogens is 1. The minimum absolute atomic E-state index is 0.137. The second-order valence-electron chi connectivity index (χ2n) is 6.12. The van der Waals surface area contributed by atoms with Gasteiger partial charge in [-0.2, -0.15) is 5.10 Å². The lowest BCUT2D eigenvalue weighted by Gasteiger charge is -2.01. The molecule has 0 atom stereocenters. The molecule has 9 heteroatoms. The molecular formula is C20H17ClN4O4. The fraction of sp³-hybridized carbons (Fsp3) is 0.150. The van der Waals surface area contributed by atoms with Crippen LogP contribution < -0.4 is 19.5 Å². The highest BCUT2D eigenvalue weighted by molar-refractivity contribution is 6.32. The van der Waals surface area contributed by atoms with E-state index in [-0.39, 0.29) is 19.2 Å². The molecule has 1 amide bonds. The Hall–Kier alpha value is -3.52. The molecule has 1 aliphatic rings. The highest BCUT2D eigenvalue weighted by atomic mass is 35.5. The third-order valence-corrected chi connectivity index (χ3v) is 4.47. The summed E-state index contributed by atoms with van der Waals surface area (Å²) in [7, 11) is 1.61. The van der Waals surface area contributed by atoms with Gasteiger partial charge in [0, 0.05) is 11.6 Å². The summed E-state index contributed by atoms with van der Waals surface area (Å²) < 4.78 is 15.7. The Labute approximate surface area is 171 Å². The predicted molar refractivity (Wildman–Crippen MR) is 107 cm³/mol. The highest BCUT2D eigenvalue weighted by Crippen LogP contribution is 2.40. The van der Waals surface area contributed by atoms with E-state index >= 15 is 0 Å². The van der Waals surface area contributed by atoms with E-state index in [9.17, 15) is 4.79 Å². The summed E-state index contributed by atoms with van der Waals surface area (Å²) in [6.07, 6.45) is 3.06. The fourth-order valence-corrected chi connectivity index (χ4v) is 3.00. The van der Waals surface area contributed by atoms with Gasteiger partial charge in [-0.3, -0.25) is 9.89 Å². The van der Waals surface area contributed by atoms with Crippen molar-refractivity contribution in [2.45, 2.75) is 6.54 Å². The van der Waals surface area contributed by atoms with Gasteiger partial charge in [-0.25, -0.2) is 4.98 Å². The Morgan fingerprint density at radius 2 is 2.14 bits per heavy atom. The van der Waals surface area contributed by atoms with E-state index in [4.69, 9.17) is 25.8 Å². The van der Waals surface area contributed by atoms with E-state index in [0.29, 0.717) is 28.2 Å². The molecular weight excluding hydrogens is 396 g/mol. The Morgan fingerprint density at radius 1 is 1.31 bits per heavy atom. The van der Waals surface area contributed by atoms with Gasteiger partial charge in [0.25, 0.3) is 0 Å². The van der Waals surface area contributed by atoms with Crippen molar-refractivity contribution in [1.29, 1.82) is 0 Å². The lowest BCUT2D eigenvalue weighted by molar-refractivity contribution is -0.116. The summed E-state index contributed by atoms with van der Waals surface area (Å²) >= 11 is 6.14. The van der Waals surface area contributed by atoms with E-state index in [0.717, 1.165) is 16.9 Å². The Balaban J connectivity index is 1.34. The van der Waals surface area contributed by atoms with E-state index < -0.39 is 0 Å².